The predicted molar refractivity (Wildman–Crippen MR) is 66.7 cm³/mol. The molecule has 1 aliphatic rings. The first kappa shape index (κ1) is 15.6. The second-order valence-electron chi connectivity index (χ2n) is 4.33. The van der Waals surface area contributed by atoms with Crippen molar-refractivity contribution in [3.05, 3.63) is 0 Å². The van der Waals surface area contributed by atoms with E-state index < -0.39 is 0 Å². The summed E-state index contributed by atoms with van der Waals surface area (Å²) >= 11 is 0. The number of Topliss-reactive ketones (excluding diaryl/α,β-unsaturated/α-hetero) is 1. The van der Waals surface area contributed by atoms with Gasteiger partial charge in [0.1, 0.15) is 5.78 Å². The highest BCUT2D eigenvalue weighted by atomic mass is 16.6. The third kappa shape index (κ3) is 7.76. The highest BCUT2D eigenvalue weighted by Crippen LogP contribution is 2.17. The van der Waals surface area contributed by atoms with Crippen molar-refractivity contribution in [3.8, 4) is 0 Å². The minimum atomic E-state index is 0.240. The molecule has 0 N–H and O–H groups in total. The molecule has 0 radical (unpaired) electrons. The van der Waals surface area contributed by atoms with Crippen LogP contribution in [0.15, 0.2) is 0 Å². The zero-order valence-electron chi connectivity index (χ0n) is 11.2. The number of rotatable bonds is 10. The first-order valence-electron chi connectivity index (χ1n) is 6.60. The Labute approximate surface area is 109 Å². The standard InChI is InChI=1S/C13H24O5/c1-15-6-7-16-8-9-17-10-11-18-13-4-2-12(14)3-5-13/h13H,2-11H2,1H3. The lowest BCUT2D eigenvalue weighted by Gasteiger charge is -2.21. The van der Waals surface area contributed by atoms with Crippen molar-refractivity contribution in [3.63, 3.8) is 0 Å². The number of ketones is 1. The van der Waals surface area contributed by atoms with Gasteiger partial charge >= 0.3 is 0 Å². The Morgan fingerprint density at radius 3 is 2.11 bits per heavy atom. The molecule has 0 spiro atoms. The molecule has 1 aliphatic carbocycles. The Hall–Kier alpha value is -0.490. The molecule has 0 aromatic heterocycles. The van der Waals surface area contributed by atoms with Crippen LogP contribution in [-0.2, 0) is 23.7 Å². The Morgan fingerprint density at radius 2 is 1.50 bits per heavy atom. The molecule has 5 heteroatoms. The van der Waals surface area contributed by atoms with Gasteiger partial charge in [0.25, 0.3) is 0 Å². The molecule has 0 saturated heterocycles. The first-order valence-corrected chi connectivity index (χ1v) is 6.60. The Morgan fingerprint density at radius 1 is 0.944 bits per heavy atom. The fraction of sp³-hybridized carbons (Fsp3) is 0.923. The van der Waals surface area contributed by atoms with E-state index in [9.17, 15) is 4.79 Å². The smallest absolute Gasteiger partial charge is 0.133 e. The lowest BCUT2D eigenvalue weighted by atomic mass is 9.97. The Balaban J connectivity index is 1.80. The SMILES string of the molecule is COCCOCCOCCOC1CCC(=O)CC1. The van der Waals surface area contributed by atoms with Crippen LogP contribution >= 0.6 is 0 Å². The fourth-order valence-corrected chi connectivity index (χ4v) is 1.82. The first-order chi connectivity index (χ1) is 8.83. The molecule has 106 valence electrons. The molecule has 0 aromatic carbocycles. The lowest BCUT2D eigenvalue weighted by molar-refractivity contribution is -0.123. The van der Waals surface area contributed by atoms with Crippen LogP contribution in [0.2, 0.25) is 0 Å². The average molecular weight is 260 g/mol. The van der Waals surface area contributed by atoms with E-state index in [1.807, 2.05) is 0 Å². The molecule has 0 aliphatic heterocycles. The van der Waals surface area contributed by atoms with Gasteiger partial charge in [-0.05, 0) is 12.8 Å². The monoisotopic (exact) mass is 260 g/mol. The van der Waals surface area contributed by atoms with E-state index in [1.54, 1.807) is 7.11 Å². The Kier molecular flexibility index (Phi) is 9.02. The molecule has 18 heavy (non-hydrogen) atoms. The summed E-state index contributed by atoms with van der Waals surface area (Å²) in [5.74, 6) is 0.360. The van der Waals surface area contributed by atoms with Crippen molar-refractivity contribution >= 4 is 5.78 Å². The van der Waals surface area contributed by atoms with Crippen LogP contribution in [0.25, 0.3) is 0 Å². The third-order valence-electron chi connectivity index (χ3n) is 2.88. The summed E-state index contributed by atoms with van der Waals surface area (Å²) in [6.45, 7) is 3.56. The van der Waals surface area contributed by atoms with Gasteiger partial charge in [-0.15, -0.1) is 0 Å². The van der Waals surface area contributed by atoms with Gasteiger partial charge in [-0.2, -0.15) is 0 Å². The van der Waals surface area contributed by atoms with Gasteiger partial charge in [-0.3, -0.25) is 4.79 Å². The van der Waals surface area contributed by atoms with Crippen molar-refractivity contribution in [1.29, 1.82) is 0 Å². The second-order valence-corrected chi connectivity index (χ2v) is 4.33. The van der Waals surface area contributed by atoms with Crippen LogP contribution in [0.3, 0.4) is 0 Å². The minimum Gasteiger partial charge on any atom is -0.382 e. The second kappa shape index (κ2) is 10.4. The summed E-state index contributed by atoms with van der Waals surface area (Å²) in [4.78, 5) is 11.0. The van der Waals surface area contributed by atoms with Gasteiger partial charge in [0.05, 0.1) is 45.7 Å². The van der Waals surface area contributed by atoms with Crippen molar-refractivity contribution < 1.29 is 23.7 Å². The number of carbonyl (C=O) groups is 1. The normalized spacial score (nSPS) is 17.3. The molecule has 0 aromatic rings. The number of carbonyl (C=O) groups excluding carboxylic acids is 1. The highest BCUT2D eigenvalue weighted by molar-refractivity contribution is 5.79. The quantitative estimate of drug-likeness (QED) is 0.552. The Bertz CT molecular complexity index is 209. The summed E-state index contributed by atoms with van der Waals surface area (Å²) in [6.07, 6.45) is 3.29. The number of ether oxygens (including phenoxy) is 4. The van der Waals surface area contributed by atoms with Crippen LogP contribution in [0.5, 0.6) is 0 Å². The van der Waals surface area contributed by atoms with Crippen LogP contribution < -0.4 is 0 Å². The van der Waals surface area contributed by atoms with E-state index in [-0.39, 0.29) is 6.10 Å². The van der Waals surface area contributed by atoms with Crippen LogP contribution in [0, 0.1) is 0 Å². The maximum Gasteiger partial charge on any atom is 0.133 e. The maximum absolute atomic E-state index is 11.0. The van der Waals surface area contributed by atoms with E-state index in [0.29, 0.717) is 58.3 Å². The molecule has 0 bridgehead atoms. The third-order valence-corrected chi connectivity index (χ3v) is 2.88. The molecule has 0 atom stereocenters. The van der Waals surface area contributed by atoms with Crippen molar-refractivity contribution in [1.82, 2.24) is 0 Å². The molecule has 0 amide bonds. The van der Waals surface area contributed by atoms with Crippen molar-refractivity contribution in [2.45, 2.75) is 31.8 Å². The molecular formula is C13H24O5. The molecule has 0 unspecified atom stereocenters. The van der Waals surface area contributed by atoms with Crippen LogP contribution in [0.1, 0.15) is 25.7 Å². The van der Waals surface area contributed by atoms with Crippen molar-refractivity contribution in [2.75, 3.05) is 46.8 Å². The van der Waals surface area contributed by atoms with Crippen LogP contribution in [-0.4, -0.2) is 58.6 Å². The zero-order chi connectivity index (χ0) is 13.1. The molecular weight excluding hydrogens is 236 g/mol. The van der Waals surface area contributed by atoms with Gasteiger partial charge in [-0.1, -0.05) is 0 Å². The average Bonchev–Trinajstić information content (AvgIpc) is 2.39. The molecule has 0 heterocycles. The van der Waals surface area contributed by atoms with E-state index >= 15 is 0 Å². The summed E-state index contributed by atoms with van der Waals surface area (Å²) in [5.41, 5.74) is 0. The van der Waals surface area contributed by atoms with E-state index in [4.69, 9.17) is 18.9 Å². The fourth-order valence-electron chi connectivity index (χ4n) is 1.82. The van der Waals surface area contributed by atoms with Gasteiger partial charge in [0, 0.05) is 20.0 Å². The number of hydrogen-bond acceptors (Lipinski definition) is 5. The van der Waals surface area contributed by atoms with Gasteiger partial charge < -0.3 is 18.9 Å². The summed E-state index contributed by atoms with van der Waals surface area (Å²) in [6, 6.07) is 0. The van der Waals surface area contributed by atoms with E-state index in [2.05, 4.69) is 0 Å². The maximum atomic E-state index is 11.0. The number of methoxy groups -OCH3 is 1. The molecule has 1 saturated carbocycles. The summed E-state index contributed by atoms with van der Waals surface area (Å²) in [7, 11) is 1.65. The van der Waals surface area contributed by atoms with Gasteiger partial charge in [-0.25, -0.2) is 0 Å². The molecule has 5 nitrogen and oxygen atoms in total. The summed E-state index contributed by atoms with van der Waals surface area (Å²) < 4.78 is 21.1. The lowest BCUT2D eigenvalue weighted by Crippen LogP contribution is -2.23. The highest BCUT2D eigenvalue weighted by Gasteiger charge is 2.18. The number of hydrogen-bond donors (Lipinski definition) is 0. The van der Waals surface area contributed by atoms with Gasteiger partial charge in [0.15, 0.2) is 0 Å². The zero-order valence-corrected chi connectivity index (χ0v) is 11.2. The topological polar surface area (TPSA) is 54.0 Å². The largest absolute Gasteiger partial charge is 0.382 e. The summed E-state index contributed by atoms with van der Waals surface area (Å²) in [5, 5.41) is 0. The van der Waals surface area contributed by atoms with E-state index in [0.717, 1.165) is 12.8 Å². The predicted octanol–water partition coefficient (Wildman–Crippen LogP) is 1.19. The molecule has 1 fully saturated rings. The van der Waals surface area contributed by atoms with Crippen molar-refractivity contribution in [2.24, 2.45) is 0 Å². The van der Waals surface area contributed by atoms with E-state index in [1.165, 1.54) is 0 Å². The van der Waals surface area contributed by atoms with Crippen LogP contribution in [0.4, 0.5) is 0 Å². The van der Waals surface area contributed by atoms with Gasteiger partial charge in [0.2, 0.25) is 0 Å². The minimum absolute atomic E-state index is 0.240. The molecule has 1 rings (SSSR count).